The van der Waals surface area contributed by atoms with Gasteiger partial charge in [-0.3, -0.25) is 4.79 Å². The fraction of sp³-hybridized carbons (Fsp3) is 0.136. The number of rotatable bonds is 7. The van der Waals surface area contributed by atoms with Gasteiger partial charge in [0.1, 0.15) is 11.5 Å². The van der Waals surface area contributed by atoms with Crippen molar-refractivity contribution in [3.8, 4) is 17.2 Å². The van der Waals surface area contributed by atoms with Crippen LogP contribution in [-0.2, 0) is 4.79 Å². The standard InChI is InChI=1S/C22H19Cl2NO3/c1-2-19(28-20-11-7-6-10-17(20)24)22(26)25-18-14-15(23)12-13-21(18)27-16-8-4-3-5-9-16/h3-14,19H,2H2,1H3,(H,25,26)/t19-/m0/s1. The van der Waals surface area contributed by atoms with Crippen LogP contribution in [0, 0.1) is 0 Å². The highest BCUT2D eigenvalue weighted by atomic mass is 35.5. The monoisotopic (exact) mass is 415 g/mol. The molecule has 0 radical (unpaired) electrons. The first kappa shape index (κ1) is 20.1. The van der Waals surface area contributed by atoms with E-state index in [1.807, 2.05) is 37.3 Å². The first-order valence-electron chi connectivity index (χ1n) is 8.81. The summed E-state index contributed by atoms with van der Waals surface area (Å²) in [5, 5.41) is 3.78. The Balaban J connectivity index is 1.78. The Kier molecular flexibility index (Phi) is 6.80. The van der Waals surface area contributed by atoms with Gasteiger partial charge in [0.05, 0.1) is 10.7 Å². The predicted octanol–water partition coefficient (Wildman–Crippen LogP) is 6.58. The van der Waals surface area contributed by atoms with E-state index >= 15 is 0 Å². The summed E-state index contributed by atoms with van der Waals surface area (Å²) < 4.78 is 11.7. The Morgan fingerprint density at radius 2 is 1.68 bits per heavy atom. The molecule has 0 bridgehead atoms. The average molecular weight is 416 g/mol. The molecule has 0 aromatic heterocycles. The molecule has 0 aliphatic rings. The molecule has 0 saturated heterocycles. The van der Waals surface area contributed by atoms with Crippen molar-refractivity contribution in [2.45, 2.75) is 19.4 Å². The van der Waals surface area contributed by atoms with Gasteiger partial charge in [0, 0.05) is 5.02 Å². The van der Waals surface area contributed by atoms with E-state index in [0.717, 1.165) is 0 Å². The summed E-state index contributed by atoms with van der Waals surface area (Å²) in [5.41, 5.74) is 0.461. The van der Waals surface area contributed by atoms with Gasteiger partial charge in [-0.05, 0) is 48.9 Å². The zero-order chi connectivity index (χ0) is 19.9. The van der Waals surface area contributed by atoms with Crippen LogP contribution in [0.3, 0.4) is 0 Å². The van der Waals surface area contributed by atoms with Gasteiger partial charge in [0.25, 0.3) is 5.91 Å². The molecule has 0 aliphatic heterocycles. The SMILES string of the molecule is CC[C@H](Oc1ccccc1Cl)C(=O)Nc1cc(Cl)ccc1Oc1ccccc1. The molecule has 1 atom stereocenters. The minimum absolute atomic E-state index is 0.317. The lowest BCUT2D eigenvalue weighted by Gasteiger charge is -2.19. The van der Waals surface area contributed by atoms with Gasteiger partial charge < -0.3 is 14.8 Å². The van der Waals surface area contributed by atoms with Crippen LogP contribution in [0.1, 0.15) is 13.3 Å². The Labute approximate surface area is 174 Å². The van der Waals surface area contributed by atoms with Crippen molar-refractivity contribution in [2.24, 2.45) is 0 Å². The number of ether oxygens (including phenoxy) is 2. The number of carbonyl (C=O) groups is 1. The van der Waals surface area contributed by atoms with Crippen LogP contribution in [0.15, 0.2) is 72.8 Å². The summed E-state index contributed by atoms with van der Waals surface area (Å²) in [6.07, 6.45) is -0.254. The third kappa shape index (κ3) is 5.18. The number of benzene rings is 3. The number of amides is 1. The van der Waals surface area contributed by atoms with Crippen molar-refractivity contribution in [1.82, 2.24) is 0 Å². The number of hydrogen-bond acceptors (Lipinski definition) is 3. The third-order valence-electron chi connectivity index (χ3n) is 3.94. The quantitative estimate of drug-likeness (QED) is 0.473. The van der Waals surface area contributed by atoms with Gasteiger partial charge >= 0.3 is 0 Å². The highest BCUT2D eigenvalue weighted by Crippen LogP contribution is 2.32. The molecule has 28 heavy (non-hydrogen) atoms. The smallest absolute Gasteiger partial charge is 0.265 e. The number of anilines is 1. The number of carbonyl (C=O) groups excluding carboxylic acids is 1. The van der Waals surface area contributed by atoms with E-state index in [1.54, 1.807) is 42.5 Å². The van der Waals surface area contributed by atoms with Crippen LogP contribution in [0.5, 0.6) is 17.2 Å². The number of nitrogens with one attached hydrogen (secondary N) is 1. The van der Waals surface area contributed by atoms with E-state index in [-0.39, 0.29) is 5.91 Å². The van der Waals surface area contributed by atoms with Gasteiger partial charge in [0.2, 0.25) is 0 Å². The van der Waals surface area contributed by atoms with Gasteiger partial charge in [-0.2, -0.15) is 0 Å². The average Bonchev–Trinajstić information content (AvgIpc) is 2.70. The largest absolute Gasteiger partial charge is 0.479 e. The fourth-order valence-corrected chi connectivity index (χ4v) is 2.89. The molecule has 6 heteroatoms. The Hall–Kier alpha value is -2.69. The van der Waals surface area contributed by atoms with Crippen LogP contribution in [0.2, 0.25) is 10.0 Å². The molecule has 0 unspecified atom stereocenters. The van der Waals surface area contributed by atoms with Crippen LogP contribution < -0.4 is 14.8 Å². The molecule has 0 saturated carbocycles. The van der Waals surface area contributed by atoms with Crippen molar-refractivity contribution in [3.05, 3.63) is 82.8 Å². The molecule has 144 valence electrons. The van der Waals surface area contributed by atoms with Crippen molar-refractivity contribution in [1.29, 1.82) is 0 Å². The van der Waals surface area contributed by atoms with E-state index in [0.29, 0.717) is 39.4 Å². The second kappa shape index (κ2) is 9.49. The molecule has 1 N–H and O–H groups in total. The Morgan fingerprint density at radius 3 is 2.39 bits per heavy atom. The first-order valence-corrected chi connectivity index (χ1v) is 9.57. The lowest BCUT2D eigenvalue weighted by atomic mass is 10.2. The summed E-state index contributed by atoms with van der Waals surface area (Å²) in [5.74, 6) is 1.27. The molecular weight excluding hydrogens is 397 g/mol. The molecule has 3 rings (SSSR count). The first-order chi connectivity index (χ1) is 13.6. The van der Waals surface area contributed by atoms with Crippen LogP contribution in [-0.4, -0.2) is 12.0 Å². The molecule has 0 heterocycles. The molecular formula is C22H19Cl2NO3. The summed E-state index contributed by atoms with van der Waals surface area (Å²) in [6.45, 7) is 1.86. The normalized spacial score (nSPS) is 11.5. The molecule has 3 aromatic rings. The Bertz CT molecular complexity index is 948. The second-order valence-corrected chi connectivity index (χ2v) is 6.83. The maximum Gasteiger partial charge on any atom is 0.265 e. The molecule has 0 spiro atoms. The number of para-hydroxylation sites is 2. The predicted molar refractivity (Wildman–Crippen MR) is 113 cm³/mol. The molecule has 4 nitrogen and oxygen atoms in total. The fourth-order valence-electron chi connectivity index (χ4n) is 2.53. The number of hydrogen-bond donors (Lipinski definition) is 1. The van der Waals surface area contributed by atoms with Gasteiger partial charge in [-0.25, -0.2) is 0 Å². The third-order valence-corrected chi connectivity index (χ3v) is 4.49. The highest BCUT2D eigenvalue weighted by Gasteiger charge is 2.21. The van der Waals surface area contributed by atoms with E-state index in [2.05, 4.69) is 5.32 Å². The summed E-state index contributed by atoms with van der Waals surface area (Å²) in [7, 11) is 0. The van der Waals surface area contributed by atoms with Crippen molar-refractivity contribution in [3.63, 3.8) is 0 Å². The summed E-state index contributed by atoms with van der Waals surface area (Å²) >= 11 is 12.2. The Morgan fingerprint density at radius 1 is 0.964 bits per heavy atom. The van der Waals surface area contributed by atoms with Crippen LogP contribution >= 0.6 is 23.2 Å². The van der Waals surface area contributed by atoms with E-state index < -0.39 is 6.10 Å². The van der Waals surface area contributed by atoms with Crippen LogP contribution in [0.4, 0.5) is 5.69 Å². The van der Waals surface area contributed by atoms with Gasteiger partial charge in [-0.1, -0.05) is 60.5 Å². The molecule has 1 amide bonds. The highest BCUT2D eigenvalue weighted by molar-refractivity contribution is 6.32. The maximum atomic E-state index is 12.8. The lowest BCUT2D eigenvalue weighted by Crippen LogP contribution is -2.32. The lowest BCUT2D eigenvalue weighted by molar-refractivity contribution is -0.122. The molecule has 3 aromatic carbocycles. The van der Waals surface area contributed by atoms with Gasteiger partial charge in [-0.15, -0.1) is 0 Å². The van der Waals surface area contributed by atoms with Crippen LogP contribution in [0.25, 0.3) is 0 Å². The van der Waals surface area contributed by atoms with E-state index in [4.69, 9.17) is 32.7 Å². The second-order valence-electron chi connectivity index (χ2n) is 5.99. The summed E-state index contributed by atoms with van der Waals surface area (Å²) in [4.78, 5) is 12.8. The maximum absolute atomic E-state index is 12.8. The van der Waals surface area contributed by atoms with Crippen molar-refractivity contribution < 1.29 is 14.3 Å². The summed E-state index contributed by atoms with van der Waals surface area (Å²) in [6, 6.07) is 21.4. The molecule has 0 fully saturated rings. The van der Waals surface area contributed by atoms with E-state index in [9.17, 15) is 4.79 Å². The minimum Gasteiger partial charge on any atom is -0.479 e. The molecule has 0 aliphatic carbocycles. The topological polar surface area (TPSA) is 47.6 Å². The van der Waals surface area contributed by atoms with Crippen molar-refractivity contribution >= 4 is 34.8 Å². The zero-order valence-corrected chi connectivity index (χ0v) is 16.7. The van der Waals surface area contributed by atoms with Crippen molar-refractivity contribution in [2.75, 3.05) is 5.32 Å². The van der Waals surface area contributed by atoms with Gasteiger partial charge in [0.15, 0.2) is 11.9 Å². The zero-order valence-electron chi connectivity index (χ0n) is 15.2. The number of halogens is 2. The minimum atomic E-state index is -0.719. The van der Waals surface area contributed by atoms with E-state index in [1.165, 1.54) is 0 Å².